The van der Waals surface area contributed by atoms with Crippen LogP contribution in [-0.2, 0) is 6.54 Å². The average Bonchev–Trinajstić information content (AvgIpc) is 2.47. The van der Waals surface area contributed by atoms with Crippen LogP contribution in [0.25, 0.3) is 11.3 Å². The van der Waals surface area contributed by atoms with E-state index in [2.05, 4.69) is 31.1 Å². The zero-order valence-electron chi connectivity index (χ0n) is 11.9. The summed E-state index contributed by atoms with van der Waals surface area (Å²) >= 11 is 0. The first-order valence-corrected chi connectivity index (χ1v) is 6.69. The molecule has 0 unspecified atom stereocenters. The molecule has 0 N–H and O–H groups in total. The number of hydrogen-bond donors (Lipinski definition) is 0. The van der Waals surface area contributed by atoms with Crippen LogP contribution < -0.4 is 5.56 Å². The first-order chi connectivity index (χ1) is 9.56. The van der Waals surface area contributed by atoms with Crippen LogP contribution in [0.2, 0.25) is 0 Å². The van der Waals surface area contributed by atoms with Crippen molar-refractivity contribution in [2.75, 3.05) is 0 Å². The number of nitriles is 1. The zero-order valence-corrected chi connectivity index (χ0v) is 11.9. The SMILES string of the molecule is CCn1nc(-c2ccc(C(C)C)cc2)cc(C#N)c1=O. The Hall–Kier alpha value is -2.41. The Bertz CT molecular complexity index is 706. The quantitative estimate of drug-likeness (QED) is 0.859. The molecule has 20 heavy (non-hydrogen) atoms. The Morgan fingerprint density at radius 1 is 1.30 bits per heavy atom. The van der Waals surface area contributed by atoms with Gasteiger partial charge in [-0.1, -0.05) is 38.1 Å². The van der Waals surface area contributed by atoms with Crippen LogP contribution in [0.5, 0.6) is 0 Å². The third kappa shape index (κ3) is 2.62. The second-order valence-electron chi connectivity index (χ2n) is 4.95. The van der Waals surface area contributed by atoms with E-state index in [4.69, 9.17) is 5.26 Å². The molecule has 0 radical (unpaired) electrons. The first-order valence-electron chi connectivity index (χ1n) is 6.69. The third-order valence-corrected chi connectivity index (χ3v) is 3.27. The van der Waals surface area contributed by atoms with Gasteiger partial charge >= 0.3 is 0 Å². The Balaban J connectivity index is 2.53. The summed E-state index contributed by atoms with van der Waals surface area (Å²) in [7, 11) is 0. The van der Waals surface area contributed by atoms with E-state index in [1.165, 1.54) is 10.2 Å². The van der Waals surface area contributed by atoms with Crippen LogP contribution in [0.3, 0.4) is 0 Å². The molecule has 2 aromatic rings. The minimum atomic E-state index is -0.336. The molecule has 1 aromatic carbocycles. The standard InChI is InChI=1S/C16H17N3O/c1-4-19-16(20)14(10-17)9-15(18-19)13-7-5-12(6-8-13)11(2)3/h5-9,11H,4H2,1-3H3. The fourth-order valence-corrected chi connectivity index (χ4v) is 2.02. The summed E-state index contributed by atoms with van der Waals surface area (Å²) in [4.78, 5) is 11.8. The molecule has 4 heteroatoms. The summed E-state index contributed by atoms with van der Waals surface area (Å²) < 4.78 is 1.32. The van der Waals surface area contributed by atoms with E-state index in [-0.39, 0.29) is 11.1 Å². The highest BCUT2D eigenvalue weighted by atomic mass is 16.1. The van der Waals surface area contributed by atoms with E-state index in [1.807, 2.05) is 25.1 Å². The number of benzene rings is 1. The molecule has 1 heterocycles. The van der Waals surface area contributed by atoms with Crippen molar-refractivity contribution in [2.45, 2.75) is 33.2 Å². The van der Waals surface area contributed by atoms with Gasteiger partial charge in [-0.15, -0.1) is 0 Å². The normalized spacial score (nSPS) is 10.6. The van der Waals surface area contributed by atoms with E-state index in [1.54, 1.807) is 6.07 Å². The fraction of sp³-hybridized carbons (Fsp3) is 0.312. The second kappa shape index (κ2) is 5.70. The van der Waals surface area contributed by atoms with E-state index in [9.17, 15) is 4.79 Å². The highest BCUT2D eigenvalue weighted by Gasteiger charge is 2.09. The largest absolute Gasteiger partial charge is 0.284 e. The van der Waals surface area contributed by atoms with Gasteiger partial charge in [0.15, 0.2) is 0 Å². The van der Waals surface area contributed by atoms with Crippen LogP contribution in [0.4, 0.5) is 0 Å². The lowest BCUT2D eigenvalue weighted by Gasteiger charge is -2.08. The lowest BCUT2D eigenvalue weighted by Crippen LogP contribution is -2.24. The van der Waals surface area contributed by atoms with Gasteiger partial charge in [0.2, 0.25) is 0 Å². The van der Waals surface area contributed by atoms with Crippen molar-refractivity contribution in [1.29, 1.82) is 5.26 Å². The molecule has 0 amide bonds. The smallest absolute Gasteiger partial charge is 0.266 e. The molecule has 0 saturated heterocycles. The monoisotopic (exact) mass is 267 g/mol. The highest BCUT2D eigenvalue weighted by molar-refractivity contribution is 5.60. The second-order valence-corrected chi connectivity index (χ2v) is 4.95. The zero-order chi connectivity index (χ0) is 14.7. The first kappa shape index (κ1) is 14.0. The van der Waals surface area contributed by atoms with Crippen molar-refractivity contribution in [3.8, 4) is 17.3 Å². The lowest BCUT2D eigenvalue weighted by atomic mass is 10.0. The molecule has 0 atom stereocenters. The minimum Gasteiger partial charge on any atom is -0.266 e. The molecule has 0 spiro atoms. The molecule has 0 fully saturated rings. The number of aryl methyl sites for hydroxylation is 1. The van der Waals surface area contributed by atoms with E-state index in [0.717, 1.165) is 5.56 Å². The van der Waals surface area contributed by atoms with Crippen molar-refractivity contribution in [1.82, 2.24) is 9.78 Å². The molecule has 0 saturated carbocycles. The van der Waals surface area contributed by atoms with Crippen molar-refractivity contribution in [3.05, 3.63) is 51.8 Å². The molecule has 102 valence electrons. The van der Waals surface area contributed by atoms with Crippen molar-refractivity contribution < 1.29 is 0 Å². The summed E-state index contributed by atoms with van der Waals surface area (Å²) in [5.74, 6) is 0.469. The third-order valence-electron chi connectivity index (χ3n) is 3.27. The van der Waals surface area contributed by atoms with Crippen LogP contribution in [-0.4, -0.2) is 9.78 Å². The summed E-state index contributed by atoms with van der Waals surface area (Å²) in [5.41, 5.74) is 2.60. The van der Waals surface area contributed by atoms with Gasteiger partial charge in [-0.05, 0) is 24.5 Å². The predicted molar refractivity (Wildman–Crippen MR) is 78.4 cm³/mol. The Kier molecular flexibility index (Phi) is 3.99. The summed E-state index contributed by atoms with van der Waals surface area (Å²) in [6.45, 7) is 6.56. The van der Waals surface area contributed by atoms with E-state index < -0.39 is 0 Å². The Morgan fingerprint density at radius 3 is 2.45 bits per heavy atom. The van der Waals surface area contributed by atoms with Crippen molar-refractivity contribution in [2.24, 2.45) is 0 Å². The molecular weight excluding hydrogens is 250 g/mol. The summed E-state index contributed by atoms with van der Waals surface area (Å²) in [6.07, 6.45) is 0. The molecule has 0 aliphatic heterocycles. The van der Waals surface area contributed by atoms with Gasteiger partial charge in [0.05, 0.1) is 5.69 Å². The van der Waals surface area contributed by atoms with Crippen molar-refractivity contribution >= 4 is 0 Å². The maximum absolute atomic E-state index is 11.8. The minimum absolute atomic E-state index is 0.129. The van der Waals surface area contributed by atoms with Gasteiger partial charge in [-0.3, -0.25) is 4.79 Å². The molecular formula is C16H17N3O. The number of nitrogens with zero attached hydrogens (tertiary/aromatic N) is 3. The number of hydrogen-bond acceptors (Lipinski definition) is 3. The maximum Gasteiger partial charge on any atom is 0.284 e. The number of aromatic nitrogens is 2. The molecule has 0 aliphatic carbocycles. The van der Waals surface area contributed by atoms with E-state index >= 15 is 0 Å². The topological polar surface area (TPSA) is 58.7 Å². The molecule has 0 bridgehead atoms. The molecule has 2 rings (SSSR count). The average molecular weight is 267 g/mol. The fourth-order valence-electron chi connectivity index (χ4n) is 2.02. The summed E-state index contributed by atoms with van der Waals surface area (Å²) in [6, 6.07) is 11.5. The van der Waals surface area contributed by atoms with Crippen LogP contribution >= 0.6 is 0 Å². The van der Waals surface area contributed by atoms with Gasteiger partial charge in [0.25, 0.3) is 5.56 Å². The van der Waals surface area contributed by atoms with Gasteiger partial charge < -0.3 is 0 Å². The lowest BCUT2D eigenvalue weighted by molar-refractivity contribution is 0.617. The van der Waals surface area contributed by atoms with Gasteiger partial charge in [-0.25, -0.2) is 4.68 Å². The van der Waals surface area contributed by atoms with E-state index in [0.29, 0.717) is 18.2 Å². The molecule has 1 aromatic heterocycles. The summed E-state index contributed by atoms with van der Waals surface area (Å²) in [5, 5.41) is 13.3. The Morgan fingerprint density at radius 2 is 1.95 bits per heavy atom. The van der Waals surface area contributed by atoms with Crippen LogP contribution in [0.15, 0.2) is 35.1 Å². The van der Waals surface area contributed by atoms with Gasteiger partial charge in [-0.2, -0.15) is 10.4 Å². The highest BCUT2D eigenvalue weighted by Crippen LogP contribution is 2.21. The Labute approximate surface area is 118 Å². The van der Waals surface area contributed by atoms with Crippen LogP contribution in [0.1, 0.15) is 37.8 Å². The van der Waals surface area contributed by atoms with Crippen LogP contribution in [0, 0.1) is 11.3 Å². The van der Waals surface area contributed by atoms with Gasteiger partial charge in [0, 0.05) is 12.1 Å². The maximum atomic E-state index is 11.8. The molecule has 4 nitrogen and oxygen atoms in total. The van der Waals surface area contributed by atoms with Gasteiger partial charge in [0.1, 0.15) is 11.6 Å². The predicted octanol–water partition coefficient (Wildman–Crippen LogP) is 2.93. The number of rotatable bonds is 3. The van der Waals surface area contributed by atoms with Crippen molar-refractivity contribution in [3.63, 3.8) is 0 Å². The molecule has 0 aliphatic rings.